The standard InChI is InChI=1S/C46H49ClN6O9/c1-4-5-6-7-8-9-10-11-12-19-28-61-43(56)31-24-26-36(47)38(29-31)49-41(54)39(50-44(57)46(2,3)62-45(50)58)40-48-37-27-25-34(53(59)60)30-35(37)42(55)52(40)51(32-20-15-13-16-21-32)33-22-17-14-18-23-33/h13-18,20-27,29-30,39H,4-12,19,28H2,1-3H3,(H,49,54). The molecule has 0 bridgehead atoms. The molecular weight excluding hydrogens is 816 g/mol. The quantitative estimate of drug-likeness (QED) is 0.0340. The number of fused-ring (bicyclic) bond motifs is 1. The van der Waals surface area contributed by atoms with Crippen LogP contribution in [0.3, 0.4) is 0 Å². The minimum absolute atomic E-state index is 0.00497. The van der Waals surface area contributed by atoms with Crippen LogP contribution in [0.5, 0.6) is 0 Å². The number of anilines is 3. The van der Waals surface area contributed by atoms with E-state index in [4.69, 9.17) is 26.1 Å². The Kier molecular flexibility index (Phi) is 14.7. The van der Waals surface area contributed by atoms with Gasteiger partial charge in [-0.05, 0) is 68.8 Å². The number of aromatic nitrogens is 2. The van der Waals surface area contributed by atoms with Crippen LogP contribution in [0.2, 0.25) is 5.02 Å². The fraction of sp³-hybridized carbons (Fsp3) is 0.348. The minimum Gasteiger partial charge on any atom is -0.462 e. The monoisotopic (exact) mass is 864 g/mol. The number of hydrogen-bond donors (Lipinski definition) is 1. The summed E-state index contributed by atoms with van der Waals surface area (Å²) in [5, 5.41) is 15.8. The predicted molar refractivity (Wildman–Crippen MR) is 235 cm³/mol. The molecule has 1 aliphatic heterocycles. The van der Waals surface area contributed by atoms with E-state index in [2.05, 4.69) is 12.2 Å². The molecule has 2 heterocycles. The second-order valence-corrected chi connectivity index (χ2v) is 15.9. The zero-order chi connectivity index (χ0) is 44.4. The van der Waals surface area contributed by atoms with Crippen molar-refractivity contribution in [1.29, 1.82) is 0 Å². The van der Waals surface area contributed by atoms with Crippen LogP contribution in [-0.2, 0) is 19.1 Å². The zero-order valence-electron chi connectivity index (χ0n) is 34.9. The van der Waals surface area contributed by atoms with Gasteiger partial charge in [0, 0.05) is 12.1 Å². The van der Waals surface area contributed by atoms with Gasteiger partial charge >= 0.3 is 12.1 Å². The number of benzene rings is 4. The highest BCUT2D eigenvalue weighted by atomic mass is 35.5. The number of nitro groups is 1. The number of para-hydroxylation sites is 2. The number of nitrogens with one attached hydrogen (secondary N) is 1. The fourth-order valence-corrected chi connectivity index (χ4v) is 7.39. The van der Waals surface area contributed by atoms with Crippen LogP contribution in [0.25, 0.3) is 10.9 Å². The molecule has 6 rings (SSSR count). The van der Waals surface area contributed by atoms with E-state index in [0.29, 0.717) is 22.7 Å². The Morgan fingerprint density at radius 2 is 1.45 bits per heavy atom. The fourth-order valence-electron chi connectivity index (χ4n) is 7.23. The highest BCUT2D eigenvalue weighted by molar-refractivity contribution is 6.34. The Bertz CT molecular complexity index is 2460. The molecule has 0 radical (unpaired) electrons. The van der Waals surface area contributed by atoms with E-state index in [1.54, 1.807) is 60.7 Å². The third kappa shape index (κ3) is 10.3. The second kappa shape index (κ2) is 20.3. The number of imide groups is 1. The van der Waals surface area contributed by atoms with Crippen molar-refractivity contribution in [3.8, 4) is 0 Å². The number of hydrogen-bond acceptors (Lipinski definition) is 11. The number of carbonyl (C=O) groups excluding carboxylic acids is 4. The van der Waals surface area contributed by atoms with E-state index in [1.165, 1.54) is 81.6 Å². The molecule has 0 saturated carbocycles. The number of carbonyl (C=O) groups is 4. The first-order valence-corrected chi connectivity index (χ1v) is 21.2. The lowest BCUT2D eigenvalue weighted by Crippen LogP contribution is -2.48. The Morgan fingerprint density at radius 3 is 2.02 bits per heavy atom. The molecule has 324 valence electrons. The lowest BCUT2D eigenvalue weighted by molar-refractivity contribution is -0.384. The summed E-state index contributed by atoms with van der Waals surface area (Å²) in [6.45, 7) is 5.10. The second-order valence-electron chi connectivity index (χ2n) is 15.5. The Labute approximate surface area is 363 Å². The number of nitrogens with zero attached hydrogens (tertiary/aromatic N) is 5. The average Bonchev–Trinajstić information content (AvgIpc) is 3.46. The summed E-state index contributed by atoms with van der Waals surface area (Å²) in [5.74, 6) is -3.07. The number of cyclic esters (lactones) is 1. The molecule has 1 atom stereocenters. The molecule has 1 unspecified atom stereocenters. The van der Waals surface area contributed by atoms with Gasteiger partial charge < -0.3 is 14.8 Å². The largest absolute Gasteiger partial charge is 0.462 e. The van der Waals surface area contributed by atoms with Crippen molar-refractivity contribution >= 4 is 69.1 Å². The first-order valence-electron chi connectivity index (χ1n) is 20.8. The summed E-state index contributed by atoms with van der Waals surface area (Å²) >= 11 is 6.59. The van der Waals surface area contributed by atoms with Crippen molar-refractivity contribution in [2.45, 2.75) is 96.6 Å². The number of rotatable bonds is 20. The third-order valence-electron chi connectivity index (χ3n) is 10.5. The predicted octanol–water partition coefficient (Wildman–Crippen LogP) is 10.1. The summed E-state index contributed by atoms with van der Waals surface area (Å²) < 4.78 is 12.0. The SMILES string of the molecule is CCCCCCCCCCCCOC(=O)c1ccc(Cl)c(NC(=O)C(c2nc3ccc([N+](=O)[O-])cc3c(=O)n2N(c2ccccc2)c2ccccc2)N2C(=O)OC(C)(C)C2=O)c1. The van der Waals surface area contributed by atoms with Gasteiger partial charge in [0.2, 0.25) is 0 Å². The van der Waals surface area contributed by atoms with Crippen LogP contribution in [0, 0.1) is 10.1 Å². The molecule has 5 aromatic rings. The maximum Gasteiger partial charge on any atom is 0.418 e. The van der Waals surface area contributed by atoms with Gasteiger partial charge in [0.25, 0.3) is 23.1 Å². The van der Waals surface area contributed by atoms with Crippen LogP contribution in [0.15, 0.2) is 102 Å². The van der Waals surface area contributed by atoms with Crippen molar-refractivity contribution in [2.75, 3.05) is 16.9 Å². The van der Waals surface area contributed by atoms with Gasteiger partial charge in [-0.2, -0.15) is 4.68 Å². The summed E-state index contributed by atoms with van der Waals surface area (Å²) in [5.41, 5.74) is -2.29. The first-order chi connectivity index (χ1) is 29.8. The molecule has 1 saturated heterocycles. The molecule has 1 aromatic heterocycles. The van der Waals surface area contributed by atoms with Crippen LogP contribution >= 0.6 is 11.6 Å². The molecule has 1 aliphatic rings. The van der Waals surface area contributed by atoms with Gasteiger partial charge in [0.05, 0.1) is 50.1 Å². The maximum absolute atomic E-state index is 14.9. The van der Waals surface area contributed by atoms with E-state index >= 15 is 0 Å². The van der Waals surface area contributed by atoms with Crippen LogP contribution in [-0.4, -0.2) is 55.6 Å². The molecule has 1 N–H and O–H groups in total. The number of non-ortho nitro benzene ring substituents is 1. The number of nitro benzene ring substituents is 1. The van der Waals surface area contributed by atoms with Crippen molar-refractivity contribution in [2.24, 2.45) is 0 Å². The normalized spacial score (nSPS) is 13.8. The van der Waals surface area contributed by atoms with E-state index in [-0.39, 0.29) is 33.8 Å². The third-order valence-corrected chi connectivity index (χ3v) is 10.8. The number of unbranched alkanes of at least 4 members (excludes halogenated alkanes) is 9. The zero-order valence-corrected chi connectivity index (χ0v) is 35.6. The van der Waals surface area contributed by atoms with E-state index in [1.807, 2.05) is 0 Å². The molecule has 3 amide bonds. The number of esters is 1. The van der Waals surface area contributed by atoms with Gasteiger partial charge in [0.1, 0.15) is 0 Å². The first kappa shape index (κ1) is 44.9. The number of ether oxygens (including phenoxy) is 2. The number of amides is 3. The Balaban J connectivity index is 1.38. The molecule has 0 spiro atoms. The molecule has 4 aromatic carbocycles. The average molecular weight is 865 g/mol. The van der Waals surface area contributed by atoms with Gasteiger partial charge in [0.15, 0.2) is 17.5 Å². The topological polar surface area (TPSA) is 183 Å². The van der Waals surface area contributed by atoms with Gasteiger partial charge in [-0.3, -0.25) is 24.5 Å². The van der Waals surface area contributed by atoms with Gasteiger partial charge in [-0.1, -0.05) is 113 Å². The molecular formula is C46H49ClN6O9. The van der Waals surface area contributed by atoms with Crippen LogP contribution in [0.4, 0.5) is 27.5 Å². The lowest BCUT2D eigenvalue weighted by Gasteiger charge is -2.32. The highest BCUT2D eigenvalue weighted by Gasteiger charge is 2.54. The molecule has 62 heavy (non-hydrogen) atoms. The summed E-state index contributed by atoms with van der Waals surface area (Å²) in [6.07, 6.45) is 10.0. The summed E-state index contributed by atoms with van der Waals surface area (Å²) in [7, 11) is 0. The molecule has 0 aliphatic carbocycles. The van der Waals surface area contributed by atoms with Crippen molar-refractivity contribution in [3.05, 3.63) is 134 Å². The molecule has 16 heteroatoms. The molecule has 15 nitrogen and oxygen atoms in total. The lowest BCUT2D eigenvalue weighted by atomic mass is 10.1. The van der Waals surface area contributed by atoms with Crippen molar-refractivity contribution in [1.82, 2.24) is 14.6 Å². The summed E-state index contributed by atoms with van der Waals surface area (Å²) in [4.78, 5) is 87.3. The van der Waals surface area contributed by atoms with Gasteiger partial charge in [-0.25, -0.2) is 24.5 Å². The smallest absolute Gasteiger partial charge is 0.418 e. The van der Waals surface area contributed by atoms with Crippen LogP contribution in [0.1, 0.15) is 107 Å². The highest BCUT2D eigenvalue weighted by Crippen LogP contribution is 2.36. The van der Waals surface area contributed by atoms with Crippen LogP contribution < -0.4 is 15.9 Å². The van der Waals surface area contributed by atoms with Crippen molar-refractivity contribution < 1.29 is 33.6 Å². The Morgan fingerprint density at radius 1 is 0.855 bits per heavy atom. The van der Waals surface area contributed by atoms with E-state index < -0.39 is 57.5 Å². The number of halogens is 1. The van der Waals surface area contributed by atoms with Crippen molar-refractivity contribution in [3.63, 3.8) is 0 Å². The maximum atomic E-state index is 14.9. The van der Waals surface area contributed by atoms with Gasteiger partial charge in [-0.15, -0.1) is 0 Å². The summed E-state index contributed by atoms with van der Waals surface area (Å²) in [6, 6.07) is 22.6. The van der Waals surface area contributed by atoms with E-state index in [0.717, 1.165) is 36.1 Å². The minimum atomic E-state index is -2.03. The van der Waals surface area contributed by atoms with E-state index in [9.17, 15) is 34.1 Å². The Hall–Kier alpha value is -6.61. The molecule has 1 fully saturated rings.